The Hall–Kier alpha value is -1.49. The van der Waals surface area contributed by atoms with Gasteiger partial charge in [0.25, 0.3) is 5.91 Å². The highest BCUT2D eigenvalue weighted by atomic mass is 32.2. The number of benzene rings is 1. The molecule has 1 aromatic carbocycles. The average molecular weight is 308 g/mol. The normalized spacial score (nSPS) is 12.1. The Labute approximate surface area is 131 Å². The minimum atomic E-state index is -0.0751. The van der Waals surface area contributed by atoms with Gasteiger partial charge in [0.2, 0.25) is 5.91 Å². The zero-order valence-electron chi connectivity index (χ0n) is 13.3. The number of nitrogens with zero attached hydrogens (tertiary/aromatic N) is 1. The van der Waals surface area contributed by atoms with Gasteiger partial charge < -0.3 is 10.2 Å². The first-order chi connectivity index (χ1) is 9.81. The lowest BCUT2D eigenvalue weighted by Gasteiger charge is -2.15. The minimum Gasteiger partial charge on any atom is -0.345 e. The summed E-state index contributed by atoms with van der Waals surface area (Å²) >= 11 is 1.64. The van der Waals surface area contributed by atoms with E-state index >= 15 is 0 Å². The third-order valence-corrected chi connectivity index (χ3v) is 4.71. The predicted octanol–water partition coefficient (Wildman–Crippen LogP) is 3.10. The van der Waals surface area contributed by atoms with Crippen molar-refractivity contribution in [1.82, 2.24) is 4.90 Å². The zero-order chi connectivity index (χ0) is 16.0. The molecule has 0 aliphatic rings. The summed E-state index contributed by atoms with van der Waals surface area (Å²) in [5.41, 5.74) is 1.23. The Morgan fingerprint density at radius 2 is 1.90 bits per heavy atom. The van der Waals surface area contributed by atoms with Crippen molar-refractivity contribution < 1.29 is 9.59 Å². The van der Waals surface area contributed by atoms with E-state index in [0.717, 1.165) is 0 Å². The van der Waals surface area contributed by atoms with E-state index in [1.54, 1.807) is 50.1 Å². The second kappa shape index (κ2) is 8.08. The van der Waals surface area contributed by atoms with Crippen LogP contribution in [0.2, 0.25) is 0 Å². The van der Waals surface area contributed by atoms with Gasteiger partial charge in [-0.2, -0.15) is 0 Å². The van der Waals surface area contributed by atoms with E-state index in [2.05, 4.69) is 26.1 Å². The smallest absolute Gasteiger partial charge is 0.253 e. The van der Waals surface area contributed by atoms with Gasteiger partial charge in [0.05, 0.1) is 5.75 Å². The van der Waals surface area contributed by atoms with Gasteiger partial charge in [-0.25, -0.2) is 0 Å². The molecule has 0 saturated carbocycles. The molecule has 1 N–H and O–H groups in total. The van der Waals surface area contributed by atoms with Gasteiger partial charge in [0.1, 0.15) is 0 Å². The predicted molar refractivity (Wildman–Crippen MR) is 89.8 cm³/mol. The number of nitrogens with one attached hydrogen (secondary N) is 1. The molecule has 0 aliphatic carbocycles. The molecule has 4 nitrogen and oxygen atoms in total. The second-order valence-electron chi connectivity index (χ2n) is 5.59. The number of hydrogen-bond donors (Lipinski definition) is 1. The average Bonchev–Trinajstić information content (AvgIpc) is 2.43. The highest BCUT2D eigenvalue weighted by Gasteiger charge is 2.12. The van der Waals surface area contributed by atoms with Crippen LogP contribution < -0.4 is 5.32 Å². The molecular formula is C16H24N2O2S. The number of carbonyl (C=O) groups excluding carboxylic acids is 2. The molecule has 0 aliphatic heterocycles. The molecule has 1 aromatic rings. The molecule has 21 heavy (non-hydrogen) atoms. The van der Waals surface area contributed by atoms with Crippen LogP contribution in [0, 0.1) is 5.92 Å². The molecule has 116 valence electrons. The summed E-state index contributed by atoms with van der Waals surface area (Å²) in [6.07, 6.45) is 0. The summed E-state index contributed by atoms with van der Waals surface area (Å²) in [5.74, 6) is 0.852. The molecule has 0 radical (unpaired) electrons. The Morgan fingerprint density at radius 3 is 2.48 bits per heavy atom. The van der Waals surface area contributed by atoms with Crippen molar-refractivity contribution in [3.63, 3.8) is 0 Å². The Balaban J connectivity index is 2.61. The molecule has 0 bridgehead atoms. The summed E-state index contributed by atoms with van der Waals surface area (Å²) < 4.78 is 0. The third-order valence-electron chi connectivity index (χ3n) is 3.22. The monoisotopic (exact) mass is 308 g/mol. The van der Waals surface area contributed by atoms with Crippen molar-refractivity contribution in [3.05, 3.63) is 29.8 Å². The van der Waals surface area contributed by atoms with Crippen LogP contribution in [0.25, 0.3) is 0 Å². The maximum atomic E-state index is 11.9. The molecule has 0 aromatic heterocycles. The minimum absolute atomic E-state index is 0.0399. The first-order valence-electron chi connectivity index (χ1n) is 7.04. The van der Waals surface area contributed by atoms with Crippen LogP contribution in [0.4, 0.5) is 5.69 Å². The van der Waals surface area contributed by atoms with Gasteiger partial charge >= 0.3 is 0 Å². The third kappa shape index (κ3) is 5.79. The highest BCUT2D eigenvalue weighted by molar-refractivity contribution is 8.00. The van der Waals surface area contributed by atoms with Crippen LogP contribution in [-0.4, -0.2) is 41.8 Å². The van der Waals surface area contributed by atoms with Gasteiger partial charge in [0.15, 0.2) is 0 Å². The molecular weight excluding hydrogens is 284 g/mol. The molecule has 0 saturated heterocycles. The van der Waals surface area contributed by atoms with Crippen LogP contribution in [0.1, 0.15) is 31.1 Å². The summed E-state index contributed by atoms with van der Waals surface area (Å²) in [7, 11) is 3.41. The summed E-state index contributed by atoms with van der Waals surface area (Å²) in [6, 6.07) is 7.02. The van der Waals surface area contributed by atoms with Crippen molar-refractivity contribution in [2.24, 2.45) is 5.92 Å². The largest absolute Gasteiger partial charge is 0.345 e. The number of anilines is 1. The number of rotatable bonds is 6. The Morgan fingerprint density at radius 1 is 1.24 bits per heavy atom. The molecule has 0 heterocycles. The quantitative estimate of drug-likeness (QED) is 0.878. The Kier molecular flexibility index (Phi) is 6.75. The van der Waals surface area contributed by atoms with E-state index in [4.69, 9.17) is 0 Å². The summed E-state index contributed by atoms with van der Waals surface area (Å²) in [6.45, 7) is 6.41. The number of hydrogen-bond acceptors (Lipinski definition) is 3. The molecule has 1 atom stereocenters. The first kappa shape index (κ1) is 17.6. The zero-order valence-corrected chi connectivity index (χ0v) is 14.2. The summed E-state index contributed by atoms with van der Waals surface area (Å²) in [5, 5.41) is 3.28. The van der Waals surface area contributed by atoms with E-state index in [1.165, 1.54) is 4.90 Å². The van der Waals surface area contributed by atoms with Crippen LogP contribution in [0.3, 0.4) is 0 Å². The standard InChI is InChI=1S/C16H24N2O2S/c1-11(2)12(3)21-10-15(19)17-14-8-6-7-13(9-14)16(20)18(4)5/h6-9,11-12H,10H2,1-5H3,(H,17,19)/t12-/m1/s1. The maximum Gasteiger partial charge on any atom is 0.253 e. The Bertz CT molecular complexity index is 501. The van der Waals surface area contributed by atoms with Crippen molar-refractivity contribution in [3.8, 4) is 0 Å². The van der Waals surface area contributed by atoms with Gasteiger partial charge in [-0.15, -0.1) is 11.8 Å². The van der Waals surface area contributed by atoms with Crippen LogP contribution in [-0.2, 0) is 4.79 Å². The lowest BCUT2D eigenvalue weighted by molar-refractivity contribution is -0.113. The van der Waals surface area contributed by atoms with Gasteiger partial charge in [-0.1, -0.05) is 26.8 Å². The van der Waals surface area contributed by atoms with Crippen molar-refractivity contribution in [2.45, 2.75) is 26.0 Å². The van der Waals surface area contributed by atoms with Crippen molar-refractivity contribution >= 4 is 29.3 Å². The van der Waals surface area contributed by atoms with Crippen LogP contribution in [0.15, 0.2) is 24.3 Å². The van der Waals surface area contributed by atoms with Gasteiger partial charge in [-0.05, 0) is 24.1 Å². The molecule has 5 heteroatoms. The SMILES string of the molecule is CC(C)[C@@H](C)SCC(=O)Nc1cccc(C(=O)N(C)C)c1. The lowest BCUT2D eigenvalue weighted by Crippen LogP contribution is -2.22. The fourth-order valence-corrected chi connectivity index (χ4v) is 2.46. The molecule has 0 fully saturated rings. The number of carbonyl (C=O) groups is 2. The molecule has 2 amide bonds. The highest BCUT2D eigenvalue weighted by Crippen LogP contribution is 2.19. The number of thioether (sulfide) groups is 1. The molecule has 1 rings (SSSR count). The second-order valence-corrected chi connectivity index (χ2v) is 6.95. The summed E-state index contributed by atoms with van der Waals surface area (Å²) in [4.78, 5) is 25.3. The van der Waals surface area contributed by atoms with Crippen molar-refractivity contribution in [1.29, 1.82) is 0 Å². The van der Waals surface area contributed by atoms with E-state index < -0.39 is 0 Å². The van der Waals surface area contributed by atoms with E-state index in [9.17, 15) is 9.59 Å². The number of amides is 2. The fraction of sp³-hybridized carbons (Fsp3) is 0.500. The fourth-order valence-electron chi connectivity index (χ4n) is 1.58. The topological polar surface area (TPSA) is 49.4 Å². The van der Waals surface area contributed by atoms with Crippen molar-refractivity contribution in [2.75, 3.05) is 25.2 Å². The van der Waals surface area contributed by atoms with E-state index in [0.29, 0.717) is 28.2 Å². The van der Waals surface area contributed by atoms with E-state index in [-0.39, 0.29) is 11.8 Å². The van der Waals surface area contributed by atoms with Gasteiger partial charge in [0, 0.05) is 30.6 Å². The van der Waals surface area contributed by atoms with E-state index in [1.807, 2.05) is 0 Å². The lowest BCUT2D eigenvalue weighted by atomic mass is 10.2. The van der Waals surface area contributed by atoms with Gasteiger partial charge in [-0.3, -0.25) is 9.59 Å². The first-order valence-corrected chi connectivity index (χ1v) is 8.09. The molecule has 0 unspecified atom stereocenters. The van der Waals surface area contributed by atoms with Crippen LogP contribution in [0.5, 0.6) is 0 Å². The van der Waals surface area contributed by atoms with Crippen LogP contribution >= 0.6 is 11.8 Å². The maximum absolute atomic E-state index is 11.9. The molecule has 0 spiro atoms.